The second-order valence-corrected chi connectivity index (χ2v) is 2.50. The molecule has 0 aromatic heterocycles. The lowest BCUT2D eigenvalue weighted by atomic mass is 10.2. The zero-order valence-corrected chi connectivity index (χ0v) is 7.25. The topological polar surface area (TPSA) is 29.1 Å². The number of nitrogens with one attached hydrogen (secondary N) is 1. The zero-order valence-electron chi connectivity index (χ0n) is 7.25. The smallest absolute Gasteiger partial charge is 0.243 e. The van der Waals surface area contributed by atoms with Crippen molar-refractivity contribution < 1.29 is 9.18 Å². The Balaban J connectivity index is 2.74. The van der Waals surface area contributed by atoms with Gasteiger partial charge in [0.25, 0.3) is 0 Å². The van der Waals surface area contributed by atoms with Crippen LogP contribution < -0.4 is 5.32 Å². The van der Waals surface area contributed by atoms with E-state index in [0.717, 1.165) is 0 Å². The molecular weight excluding hydrogens is 169 g/mol. The monoisotopic (exact) mass is 179 g/mol. The Hall–Kier alpha value is -1.64. The molecule has 1 amide bonds. The molecule has 1 aromatic carbocycles. The molecule has 2 nitrogen and oxygen atoms in total. The highest BCUT2D eigenvalue weighted by atomic mass is 19.1. The first-order chi connectivity index (χ1) is 6.22. The molecule has 68 valence electrons. The molecule has 0 aliphatic rings. The van der Waals surface area contributed by atoms with Crippen molar-refractivity contribution >= 4 is 12.0 Å². The van der Waals surface area contributed by atoms with Crippen molar-refractivity contribution in [3.05, 3.63) is 41.7 Å². The minimum Gasteiger partial charge on any atom is -0.356 e. The number of benzene rings is 1. The molecule has 1 rings (SSSR count). The van der Waals surface area contributed by atoms with E-state index in [4.69, 9.17) is 0 Å². The summed E-state index contributed by atoms with van der Waals surface area (Å²) < 4.78 is 12.6. The number of likely N-dealkylation sites (N-methyl/N-ethyl adjacent to an activating group) is 1. The lowest BCUT2D eigenvalue weighted by Gasteiger charge is -1.93. The highest BCUT2D eigenvalue weighted by Gasteiger charge is 1.91. The quantitative estimate of drug-likeness (QED) is 0.686. The van der Waals surface area contributed by atoms with E-state index in [1.807, 2.05) is 0 Å². The maximum atomic E-state index is 12.6. The fourth-order valence-corrected chi connectivity index (χ4v) is 0.866. The average molecular weight is 179 g/mol. The summed E-state index contributed by atoms with van der Waals surface area (Å²) in [5.41, 5.74) is 0.670. The number of hydrogen-bond donors (Lipinski definition) is 1. The zero-order chi connectivity index (χ0) is 9.68. The molecule has 0 heterocycles. The molecule has 0 atom stereocenters. The maximum Gasteiger partial charge on any atom is 0.243 e. The molecule has 1 N–H and O–H groups in total. The van der Waals surface area contributed by atoms with Gasteiger partial charge in [-0.25, -0.2) is 4.39 Å². The number of carbonyl (C=O) groups is 1. The van der Waals surface area contributed by atoms with Gasteiger partial charge < -0.3 is 5.32 Å². The average Bonchev–Trinajstić information content (AvgIpc) is 2.14. The van der Waals surface area contributed by atoms with Crippen molar-refractivity contribution in [3.63, 3.8) is 0 Å². The van der Waals surface area contributed by atoms with Gasteiger partial charge >= 0.3 is 0 Å². The van der Waals surface area contributed by atoms with E-state index in [2.05, 4.69) is 5.32 Å². The molecule has 0 aliphatic carbocycles. The highest BCUT2D eigenvalue weighted by molar-refractivity contribution is 5.91. The van der Waals surface area contributed by atoms with Crippen LogP contribution in [-0.2, 0) is 4.79 Å². The van der Waals surface area contributed by atoms with Crippen LogP contribution >= 0.6 is 0 Å². The molecule has 0 fully saturated rings. The van der Waals surface area contributed by atoms with E-state index in [9.17, 15) is 9.18 Å². The lowest BCUT2D eigenvalue weighted by molar-refractivity contribution is -0.115. The number of halogens is 1. The third kappa shape index (κ3) is 3.07. The van der Waals surface area contributed by atoms with Gasteiger partial charge in [0.2, 0.25) is 5.91 Å². The molecule has 0 unspecified atom stereocenters. The van der Waals surface area contributed by atoms with Crippen molar-refractivity contribution in [1.29, 1.82) is 0 Å². The first-order valence-electron chi connectivity index (χ1n) is 3.88. The molecule has 0 radical (unpaired) electrons. The minimum atomic E-state index is -0.306. The third-order valence-corrected chi connectivity index (χ3v) is 1.52. The predicted octanol–water partition coefficient (Wildman–Crippen LogP) is 1.58. The van der Waals surface area contributed by atoms with E-state index in [1.54, 1.807) is 18.2 Å². The van der Waals surface area contributed by atoms with Crippen molar-refractivity contribution in [3.8, 4) is 0 Å². The number of rotatable bonds is 2. The van der Waals surface area contributed by atoms with Gasteiger partial charge in [-0.1, -0.05) is 12.1 Å². The Morgan fingerprint density at radius 2 is 2.31 bits per heavy atom. The summed E-state index contributed by atoms with van der Waals surface area (Å²) in [6, 6.07) is 6.04. The van der Waals surface area contributed by atoms with Crippen molar-refractivity contribution in [2.45, 2.75) is 0 Å². The molecule has 1 aromatic rings. The standard InChI is InChI=1S/C10H10FNO/c1-12-10(13)6-5-8-3-2-4-9(11)7-8/h2-7H,1H3,(H,12,13)/b6-5-. The van der Waals surface area contributed by atoms with Gasteiger partial charge in [-0.2, -0.15) is 0 Å². The molecule has 13 heavy (non-hydrogen) atoms. The minimum absolute atomic E-state index is 0.204. The van der Waals surface area contributed by atoms with Gasteiger partial charge in [-0.3, -0.25) is 4.79 Å². The van der Waals surface area contributed by atoms with Crippen LogP contribution in [0.15, 0.2) is 30.3 Å². The van der Waals surface area contributed by atoms with Crippen molar-refractivity contribution in [2.75, 3.05) is 7.05 Å². The van der Waals surface area contributed by atoms with E-state index in [-0.39, 0.29) is 11.7 Å². The number of hydrogen-bond acceptors (Lipinski definition) is 1. The van der Waals surface area contributed by atoms with Crippen LogP contribution in [0.1, 0.15) is 5.56 Å². The SMILES string of the molecule is CNC(=O)/C=C\c1cccc(F)c1. The Bertz CT molecular complexity index is 333. The van der Waals surface area contributed by atoms with Gasteiger partial charge in [0.05, 0.1) is 0 Å². The van der Waals surface area contributed by atoms with Crippen LogP contribution in [0.3, 0.4) is 0 Å². The fourth-order valence-electron chi connectivity index (χ4n) is 0.866. The van der Waals surface area contributed by atoms with E-state index >= 15 is 0 Å². The Morgan fingerprint density at radius 1 is 1.54 bits per heavy atom. The van der Waals surface area contributed by atoms with Crippen LogP contribution in [-0.4, -0.2) is 13.0 Å². The summed E-state index contributed by atoms with van der Waals surface area (Å²) in [5, 5.41) is 2.43. The highest BCUT2D eigenvalue weighted by Crippen LogP contribution is 2.04. The summed E-state index contributed by atoms with van der Waals surface area (Å²) in [4.78, 5) is 10.8. The van der Waals surface area contributed by atoms with E-state index < -0.39 is 0 Å². The molecule has 0 aliphatic heterocycles. The third-order valence-electron chi connectivity index (χ3n) is 1.52. The Kier molecular flexibility index (Phi) is 3.20. The van der Waals surface area contributed by atoms with Crippen molar-refractivity contribution in [2.24, 2.45) is 0 Å². The molecule has 0 spiro atoms. The molecule has 0 bridgehead atoms. The normalized spacial score (nSPS) is 10.3. The van der Waals surface area contributed by atoms with Gasteiger partial charge in [0.15, 0.2) is 0 Å². The first kappa shape index (κ1) is 9.45. The Morgan fingerprint density at radius 3 is 2.92 bits per heavy atom. The van der Waals surface area contributed by atoms with Crippen LogP contribution in [0.25, 0.3) is 6.08 Å². The summed E-state index contributed by atoms with van der Waals surface area (Å²) in [7, 11) is 1.54. The van der Waals surface area contributed by atoms with Gasteiger partial charge in [0, 0.05) is 13.1 Å². The van der Waals surface area contributed by atoms with Crippen LogP contribution in [0.5, 0.6) is 0 Å². The summed E-state index contributed by atoms with van der Waals surface area (Å²) in [6.07, 6.45) is 2.91. The predicted molar refractivity (Wildman–Crippen MR) is 49.5 cm³/mol. The maximum absolute atomic E-state index is 12.6. The summed E-state index contributed by atoms with van der Waals surface area (Å²) >= 11 is 0. The second kappa shape index (κ2) is 4.40. The summed E-state index contributed by atoms with van der Waals surface area (Å²) in [5.74, 6) is -0.511. The molecule has 3 heteroatoms. The fraction of sp³-hybridized carbons (Fsp3) is 0.100. The second-order valence-electron chi connectivity index (χ2n) is 2.50. The van der Waals surface area contributed by atoms with Crippen molar-refractivity contribution in [1.82, 2.24) is 5.32 Å². The first-order valence-corrected chi connectivity index (χ1v) is 3.88. The number of amides is 1. The largest absolute Gasteiger partial charge is 0.356 e. The van der Waals surface area contributed by atoms with Crippen LogP contribution in [0, 0.1) is 5.82 Å². The summed E-state index contributed by atoms with van der Waals surface area (Å²) in [6.45, 7) is 0. The van der Waals surface area contributed by atoms with Gasteiger partial charge in [0.1, 0.15) is 5.82 Å². The Labute approximate surface area is 76.1 Å². The lowest BCUT2D eigenvalue weighted by Crippen LogP contribution is -2.13. The van der Waals surface area contributed by atoms with E-state index in [0.29, 0.717) is 5.56 Å². The van der Waals surface area contributed by atoms with Crippen LogP contribution in [0.2, 0.25) is 0 Å². The van der Waals surface area contributed by atoms with E-state index in [1.165, 1.54) is 25.3 Å². The number of carbonyl (C=O) groups excluding carboxylic acids is 1. The van der Waals surface area contributed by atoms with Crippen LogP contribution in [0.4, 0.5) is 4.39 Å². The molecule has 0 saturated carbocycles. The van der Waals surface area contributed by atoms with Gasteiger partial charge in [-0.15, -0.1) is 0 Å². The van der Waals surface area contributed by atoms with Gasteiger partial charge in [-0.05, 0) is 23.8 Å². The molecule has 0 saturated heterocycles. The molecular formula is C10H10FNO.